The zero-order valence-corrected chi connectivity index (χ0v) is 23.0. The molecule has 1 unspecified atom stereocenters. The normalized spacial score (nSPS) is 22.0. The predicted molar refractivity (Wildman–Crippen MR) is 149 cm³/mol. The molecule has 1 amide bonds. The van der Waals surface area contributed by atoms with Gasteiger partial charge in [0.15, 0.2) is 5.82 Å². The number of anilines is 4. The summed E-state index contributed by atoms with van der Waals surface area (Å²) in [6.45, 7) is 4.11. The van der Waals surface area contributed by atoms with Crippen molar-refractivity contribution in [3.8, 4) is 5.75 Å². The van der Waals surface area contributed by atoms with Crippen LogP contribution in [-0.4, -0.2) is 78.3 Å². The standard InChI is InChI=1S/C28H41N7O3/c1-5-22-27(37)34(3)23-17-29-28(32-25(23)35(22)20-8-6-7-9-20)31-21-11-10-18(16-24(21)38-4)26(36)30-19-12-14-33(2)15-13-19/h10-11,16-17,19-20,22,26,30,36H,5-9,12-15H2,1-4H3,(H,29,31,32)/t22-,26?/m1/s1. The molecule has 0 spiro atoms. The van der Waals surface area contributed by atoms with Crippen LogP contribution in [0.5, 0.6) is 5.75 Å². The second kappa shape index (κ2) is 11.4. The maximum Gasteiger partial charge on any atom is 0.249 e. The van der Waals surface area contributed by atoms with Crippen molar-refractivity contribution in [3.63, 3.8) is 0 Å². The second-order valence-corrected chi connectivity index (χ2v) is 10.8. The molecule has 2 fully saturated rings. The Bertz CT molecular complexity index is 1130. The van der Waals surface area contributed by atoms with Gasteiger partial charge < -0.3 is 29.9 Å². The molecule has 1 aromatic carbocycles. The molecule has 1 saturated carbocycles. The Hall–Kier alpha value is -2.95. The highest BCUT2D eigenvalue weighted by Crippen LogP contribution is 2.40. The molecule has 1 aromatic heterocycles. The molecule has 10 heteroatoms. The van der Waals surface area contributed by atoms with Gasteiger partial charge in [-0.15, -0.1) is 0 Å². The zero-order valence-electron chi connectivity index (χ0n) is 23.0. The van der Waals surface area contributed by atoms with Crippen molar-refractivity contribution >= 4 is 29.0 Å². The van der Waals surface area contributed by atoms with E-state index in [-0.39, 0.29) is 18.0 Å². The number of methoxy groups -OCH3 is 1. The summed E-state index contributed by atoms with van der Waals surface area (Å²) in [6.07, 6.45) is 8.21. The van der Waals surface area contributed by atoms with E-state index in [2.05, 4.69) is 39.4 Å². The lowest BCUT2D eigenvalue weighted by atomic mass is 10.0. The third kappa shape index (κ3) is 5.30. The SMILES string of the molecule is CC[C@@H]1C(=O)N(C)c2cnc(Nc3ccc(C(O)NC4CCN(C)CC4)cc3OC)nc2N1C1CCCC1. The number of piperidine rings is 1. The molecular formula is C28H41N7O3. The Kier molecular flexibility index (Phi) is 8.01. The first kappa shape index (κ1) is 26.6. The van der Waals surface area contributed by atoms with Crippen molar-refractivity contribution < 1.29 is 14.6 Å². The molecule has 0 bridgehead atoms. The molecule has 3 heterocycles. The molecule has 10 nitrogen and oxygen atoms in total. The van der Waals surface area contributed by atoms with Gasteiger partial charge in [-0.25, -0.2) is 4.98 Å². The fraction of sp³-hybridized carbons (Fsp3) is 0.607. The number of benzene rings is 1. The van der Waals surface area contributed by atoms with Crippen LogP contribution in [0.1, 0.15) is 63.7 Å². The number of likely N-dealkylation sites (N-methyl/N-ethyl adjacent to an activating group) is 1. The van der Waals surface area contributed by atoms with Gasteiger partial charge in [0.25, 0.3) is 0 Å². The number of fused-ring (bicyclic) bond motifs is 1. The minimum absolute atomic E-state index is 0.0980. The number of ether oxygens (including phenoxy) is 1. The topological polar surface area (TPSA) is 106 Å². The van der Waals surface area contributed by atoms with E-state index in [4.69, 9.17) is 9.72 Å². The number of likely N-dealkylation sites (tertiary alicyclic amines) is 1. The zero-order chi connectivity index (χ0) is 26.8. The van der Waals surface area contributed by atoms with E-state index in [9.17, 15) is 9.90 Å². The Morgan fingerprint density at radius 2 is 1.89 bits per heavy atom. The first-order chi connectivity index (χ1) is 18.4. The minimum atomic E-state index is -0.773. The molecule has 2 atom stereocenters. The van der Waals surface area contributed by atoms with Gasteiger partial charge in [-0.05, 0) is 69.9 Å². The molecule has 2 aromatic rings. The van der Waals surface area contributed by atoms with Crippen LogP contribution in [0.15, 0.2) is 24.4 Å². The number of hydrogen-bond donors (Lipinski definition) is 3. The quantitative estimate of drug-likeness (QED) is 0.449. The molecule has 3 N–H and O–H groups in total. The van der Waals surface area contributed by atoms with Gasteiger partial charge in [-0.3, -0.25) is 10.1 Å². The number of rotatable bonds is 8. The number of nitrogens with zero attached hydrogens (tertiary/aromatic N) is 5. The van der Waals surface area contributed by atoms with Crippen molar-refractivity contribution in [1.29, 1.82) is 0 Å². The molecule has 5 rings (SSSR count). The molecular weight excluding hydrogens is 482 g/mol. The molecule has 0 radical (unpaired) electrons. The summed E-state index contributed by atoms with van der Waals surface area (Å²) in [4.78, 5) is 28.8. The second-order valence-electron chi connectivity index (χ2n) is 10.8. The highest BCUT2D eigenvalue weighted by Gasteiger charge is 2.41. The van der Waals surface area contributed by atoms with E-state index in [0.29, 0.717) is 23.4 Å². The molecule has 206 valence electrons. The smallest absolute Gasteiger partial charge is 0.249 e. The number of carbonyl (C=O) groups excluding carboxylic acids is 1. The molecule has 1 saturated heterocycles. The van der Waals surface area contributed by atoms with E-state index in [1.165, 1.54) is 12.8 Å². The monoisotopic (exact) mass is 523 g/mol. The number of carbonyl (C=O) groups is 1. The van der Waals surface area contributed by atoms with Gasteiger partial charge in [-0.1, -0.05) is 25.8 Å². The summed E-state index contributed by atoms with van der Waals surface area (Å²) in [7, 11) is 5.55. The van der Waals surface area contributed by atoms with Crippen LogP contribution in [0.4, 0.5) is 23.1 Å². The summed E-state index contributed by atoms with van der Waals surface area (Å²) in [5, 5.41) is 17.5. The Morgan fingerprint density at radius 1 is 1.16 bits per heavy atom. The molecule has 2 aliphatic heterocycles. The molecule has 1 aliphatic carbocycles. The van der Waals surface area contributed by atoms with E-state index in [1.54, 1.807) is 25.3 Å². The number of aromatic nitrogens is 2. The first-order valence-electron chi connectivity index (χ1n) is 13.9. The summed E-state index contributed by atoms with van der Waals surface area (Å²) in [6, 6.07) is 6.00. The van der Waals surface area contributed by atoms with Gasteiger partial charge in [0.2, 0.25) is 11.9 Å². The van der Waals surface area contributed by atoms with Crippen molar-refractivity contribution in [1.82, 2.24) is 20.2 Å². The highest BCUT2D eigenvalue weighted by atomic mass is 16.5. The van der Waals surface area contributed by atoms with E-state index in [0.717, 1.165) is 62.3 Å². The average molecular weight is 524 g/mol. The number of nitrogens with one attached hydrogen (secondary N) is 2. The summed E-state index contributed by atoms with van der Waals surface area (Å²) >= 11 is 0. The minimum Gasteiger partial charge on any atom is -0.495 e. The number of amides is 1. The average Bonchev–Trinajstić information content (AvgIpc) is 3.46. The van der Waals surface area contributed by atoms with Gasteiger partial charge >= 0.3 is 0 Å². The van der Waals surface area contributed by atoms with E-state index >= 15 is 0 Å². The van der Waals surface area contributed by atoms with Crippen molar-refractivity contribution in [3.05, 3.63) is 30.0 Å². The van der Waals surface area contributed by atoms with Crippen LogP contribution in [0.3, 0.4) is 0 Å². The van der Waals surface area contributed by atoms with Crippen molar-refractivity contribution in [2.75, 3.05) is 49.4 Å². The predicted octanol–water partition coefficient (Wildman–Crippen LogP) is 3.41. The van der Waals surface area contributed by atoms with Crippen LogP contribution in [0, 0.1) is 0 Å². The fourth-order valence-corrected chi connectivity index (χ4v) is 6.04. The van der Waals surface area contributed by atoms with Crippen molar-refractivity contribution in [2.24, 2.45) is 0 Å². The lowest BCUT2D eigenvalue weighted by molar-refractivity contribution is -0.120. The third-order valence-electron chi connectivity index (χ3n) is 8.31. The van der Waals surface area contributed by atoms with Gasteiger partial charge in [0, 0.05) is 19.1 Å². The largest absolute Gasteiger partial charge is 0.495 e. The van der Waals surface area contributed by atoms with Gasteiger partial charge in [0.05, 0.1) is 19.0 Å². The van der Waals surface area contributed by atoms with Crippen molar-refractivity contribution in [2.45, 2.75) is 76.2 Å². The van der Waals surface area contributed by atoms with E-state index < -0.39 is 6.23 Å². The summed E-state index contributed by atoms with van der Waals surface area (Å²) in [5.41, 5.74) is 2.20. The lowest BCUT2D eigenvalue weighted by Gasteiger charge is -2.43. The molecule has 3 aliphatic rings. The first-order valence-corrected chi connectivity index (χ1v) is 13.9. The van der Waals surface area contributed by atoms with Gasteiger partial charge in [-0.2, -0.15) is 4.98 Å². The maximum absolute atomic E-state index is 13.1. The van der Waals surface area contributed by atoms with Crippen LogP contribution in [-0.2, 0) is 4.79 Å². The third-order valence-corrected chi connectivity index (χ3v) is 8.31. The number of aliphatic hydroxyl groups is 1. The maximum atomic E-state index is 13.1. The Morgan fingerprint density at radius 3 is 2.58 bits per heavy atom. The number of hydrogen-bond acceptors (Lipinski definition) is 9. The van der Waals surface area contributed by atoms with E-state index in [1.807, 2.05) is 18.2 Å². The Labute approximate surface area is 225 Å². The van der Waals surface area contributed by atoms with Gasteiger partial charge in [0.1, 0.15) is 23.7 Å². The Balaban J connectivity index is 1.37. The van der Waals surface area contributed by atoms with Crippen LogP contribution in [0.2, 0.25) is 0 Å². The van der Waals surface area contributed by atoms with Crippen LogP contribution >= 0.6 is 0 Å². The fourth-order valence-electron chi connectivity index (χ4n) is 6.04. The van der Waals surface area contributed by atoms with Crippen LogP contribution in [0.25, 0.3) is 0 Å². The number of aliphatic hydroxyl groups excluding tert-OH is 1. The summed E-state index contributed by atoms with van der Waals surface area (Å²) < 4.78 is 5.67. The highest BCUT2D eigenvalue weighted by molar-refractivity contribution is 6.04. The summed E-state index contributed by atoms with van der Waals surface area (Å²) in [5.74, 6) is 1.94. The molecule has 38 heavy (non-hydrogen) atoms. The lowest BCUT2D eigenvalue weighted by Crippen LogP contribution is -2.55. The van der Waals surface area contributed by atoms with Crippen LogP contribution < -0.4 is 25.2 Å².